The van der Waals surface area contributed by atoms with Gasteiger partial charge in [-0.25, -0.2) is 4.79 Å². The normalized spacial score (nSPS) is 20.0. The molecule has 0 heterocycles. The number of carboxylic acids is 1. The second kappa shape index (κ2) is 11.4. The standard InChI is InChI=1S/C20H26O3/c1-2-3-4-5-6-10-13-18-17(15-16-19(18)21)12-9-7-8-11-14-20(22)23/h6-7,9-11,13-17H,2-5,8,12H2,1H3,(H,22,23)/t17-/m0/s1. The van der Waals surface area contributed by atoms with Crippen LogP contribution in [0, 0.1) is 5.92 Å². The monoisotopic (exact) mass is 314 g/mol. The number of carbonyl (C=O) groups is 2. The maximum Gasteiger partial charge on any atom is 0.327 e. The van der Waals surface area contributed by atoms with E-state index < -0.39 is 5.97 Å². The lowest BCUT2D eigenvalue weighted by molar-refractivity contribution is -0.131. The van der Waals surface area contributed by atoms with Crippen molar-refractivity contribution in [1.82, 2.24) is 0 Å². The zero-order valence-electron chi connectivity index (χ0n) is 13.8. The predicted octanol–water partition coefficient (Wildman–Crippen LogP) is 4.78. The average molecular weight is 314 g/mol. The van der Waals surface area contributed by atoms with Crippen LogP contribution in [-0.2, 0) is 9.59 Å². The second-order valence-corrected chi connectivity index (χ2v) is 5.56. The predicted molar refractivity (Wildman–Crippen MR) is 94.2 cm³/mol. The molecule has 1 N–H and O–H groups in total. The maximum atomic E-state index is 11.9. The van der Waals surface area contributed by atoms with Crippen molar-refractivity contribution < 1.29 is 14.7 Å². The third-order valence-electron chi connectivity index (χ3n) is 3.64. The van der Waals surface area contributed by atoms with E-state index in [4.69, 9.17) is 5.11 Å². The molecule has 0 fully saturated rings. The van der Waals surface area contributed by atoms with E-state index in [1.165, 1.54) is 19.3 Å². The maximum absolute atomic E-state index is 11.9. The van der Waals surface area contributed by atoms with Gasteiger partial charge in [-0.15, -0.1) is 0 Å². The van der Waals surface area contributed by atoms with Crippen LogP contribution in [0.2, 0.25) is 0 Å². The highest BCUT2D eigenvalue weighted by atomic mass is 16.4. The summed E-state index contributed by atoms with van der Waals surface area (Å²) in [6, 6.07) is 0. The van der Waals surface area contributed by atoms with E-state index in [0.717, 1.165) is 24.5 Å². The summed E-state index contributed by atoms with van der Waals surface area (Å²) in [4.78, 5) is 22.2. The molecule has 0 amide bonds. The molecule has 0 radical (unpaired) electrons. The summed E-state index contributed by atoms with van der Waals surface area (Å²) >= 11 is 0. The average Bonchev–Trinajstić information content (AvgIpc) is 2.86. The van der Waals surface area contributed by atoms with Crippen molar-refractivity contribution in [3.8, 4) is 0 Å². The highest BCUT2D eigenvalue weighted by Gasteiger charge is 2.20. The first kappa shape index (κ1) is 18.9. The SMILES string of the molecule is CCCCCC=CC=C1C(=O)C=C[C@@H]1CC=CCC=CC(=O)O. The number of unbranched alkanes of at least 4 members (excludes halogenated alkanes) is 3. The highest BCUT2D eigenvalue weighted by molar-refractivity contribution is 6.07. The number of allylic oxidation sites excluding steroid dienone is 9. The van der Waals surface area contributed by atoms with Gasteiger partial charge in [0.25, 0.3) is 0 Å². The smallest absolute Gasteiger partial charge is 0.327 e. The van der Waals surface area contributed by atoms with Crippen LogP contribution in [0.3, 0.4) is 0 Å². The molecule has 0 bridgehead atoms. The van der Waals surface area contributed by atoms with Gasteiger partial charge in [-0.1, -0.05) is 62.3 Å². The number of hydrogen-bond donors (Lipinski definition) is 1. The minimum Gasteiger partial charge on any atom is -0.478 e. The molecule has 1 rings (SSSR count). The molecule has 0 unspecified atom stereocenters. The molecule has 0 aromatic heterocycles. The lowest BCUT2D eigenvalue weighted by Crippen LogP contribution is -2.01. The lowest BCUT2D eigenvalue weighted by atomic mass is 9.97. The van der Waals surface area contributed by atoms with Crippen molar-refractivity contribution in [2.75, 3.05) is 0 Å². The van der Waals surface area contributed by atoms with Gasteiger partial charge >= 0.3 is 5.97 Å². The fourth-order valence-corrected chi connectivity index (χ4v) is 2.36. The Bertz CT molecular complexity index is 533. The Kier molecular flexibility index (Phi) is 9.37. The Morgan fingerprint density at radius 1 is 1.22 bits per heavy atom. The van der Waals surface area contributed by atoms with Crippen LogP contribution >= 0.6 is 0 Å². The number of carbonyl (C=O) groups excluding carboxylic acids is 1. The summed E-state index contributed by atoms with van der Waals surface area (Å²) in [5, 5.41) is 8.49. The molecule has 0 aliphatic heterocycles. The van der Waals surface area contributed by atoms with Crippen LogP contribution in [0.25, 0.3) is 0 Å². The fourth-order valence-electron chi connectivity index (χ4n) is 2.36. The van der Waals surface area contributed by atoms with Gasteiger partial charge in [0, 0.05) is 17.6 Å². The lowest BCUT2D eigenvalue weighted by Gasteiger charge is -2.06. The van der Waals surface area contributed by atoms with Gasteiger partial charge < -0.3 is 5.11 Å². The molecule has 1 aliphatic carbocycles. The van der Waals surface area contributed by atoms with Gasteiger partial charge in [0.1, 0.15) is 0 Å². The van der Waals surface area contributed by atoms with Gasteiger partial charge in [-0.2, -0.15) is 0 Å². The molecule has 0 aromatic rings. The molecule has 0 saturated heterocycles. The number of rotatable bonds is 10. The Hall–Kier alpha value is -2.16. The van der Waals surface area contributed by atoms with E-state index in [0.29, 0.717) is 6.42 Å². The first-order valence-corrected chi connectivity index (χ1v) is 8.28. The highest BCUT2D eigenvalue weighted by Crippen LogP contribution is 2.25. The Balaban J connectivity index is 2.44. The van der Waals surface area contributed by atoms with Gasteiger partial charge in [0.2, 0.25) is 0 Å². The topological polar surface area (TPSA) is 54.4 Å². The van der Waals surface area contributed by atoms with Gasteiger partial charge in [-0.05, 0) is 31.8 Å². The molecule has 124 valence electrons. The zero-order chi connectivity index (χ0) is 16.9. The number of hydrogen-bond acceptors (Lipinski definition) is 2. The zero-order valence-corrected chi connectivity index (χ0v) is 13.8. The van der Waals surface area contributed by atoms with Crippen LogP contribution < -0.4 is 0 Å². The molecule has 0 aromatic carbocycles. The molecule has 0 spiro atoms. The van der Waals surface area contributed by atoms with Crippen LogP contribution in [0.1, 0.15) is 45.4 Å². The van der Waals surface area contributed by atoms with Gasteiger partial charge in [0.15, 0.2) is 5.78 Å². The molecule has 1 atom stereocenters. The molecule has 0 saturated carbocycles. The van der Waals surface area contributed by atoms with Crippen LogP contribution in [0.4, 0.5) is 0 Å². The first-order chi connectivity index (χ1) is 11.1. The molecule has 23 heavy (non-hydrogen) atoms. The molecular weight excluding hydrogens is 288 g/mol. The Labute approximate surface area is 138 Å². The number of aliphatic carboxylic acids is 1. The molecular formula is C20H26O3. The number of carboxylic acid groups (broad SMARTS) is 1. The van der Waals surface area contributed by atoms with E-state index in [1.807, 2.05) is 30.4 Å². The minimum atomic E-state index is -0.932. The van der Waals surface area contributed by atoms with Crippen molar-refractivity contribution in [3.63, 3.8) is 0 Å². The van der Waals surface area contributed by atoms with E-state index in [2.05, 4.69) is 13.0 Å². The van der Waals surface area contributed by atoms with Crippen molar-refractivity contribution >= 4 is 11.8 Å². The van der Waals surface area contributed by atoms with Crippen LogP contribution in [0.15, 0.2) is 60.3 Å². The van der Waals surface area contributed by atoms with Crippen LogP contribution in [-0.4, -0.2) is 16.9 Å². The van der Waals surface area contributed by atoms with E-state index in [1.54, 1.807) is 12.2 Å². The molecule has 3 nitrogen and oxygen atoms in total. The summed E-state index contributed by atoms with van der Waals surface area (Å²) in [7, 11) is 0. The van der Waals surface area contributed by atoms with Crippen molar-refractivity contribution in [1.29, 1.82) is 0 Å². The van der Waals surface area contributed by atoms with E-state index >= 15 is 0 Å². The minimum absolute atomic E-state index is 0.0902. The first-order valence-electron chi connectivity index (χ1n) is 8.28. The Morgan fingerprint density at radius 3 is 2.78 bits per heavy atom. The van der Waals surface area contributed by atoms with Crippen LogP contribution in [0.5, 0.6) is 0 Å². The van der Waals surface area contributed by atoms with Gasteiger partial charge in [-0.3, -0.25) is 4.79 Å². The summed E-state index contributed by atoms with van der Waals surface area (Å²) in [6.07, 6.45) is 22.3. The second-order valence-electron chi connectivity index (χ2n) is 5.56. The van der Waals surface area contributed by atoms with Gasteiger partial charge in [0.05, 0.1) is 0 Å². The van der Waals surface area contributed by atoms with Crippen molar-refractivity contribution in [3.05, 3.63) is 60.3 Å². The summed E-state index contributed by atoms with van der Waals surface area (Å²) < 4.78 is 0. The largest absolute Gasteiger partial charge is 0.478 e. The van der Waals surface area contributed by atoms with E-state index in [9.17, 15) is 9.59 Å². The van der Waals surface area contributed by atoms with E-state index in [-0.39, 0.29) is 11.7 Å². The van der Waals surface area contributed by atoms with Crippen molar-refractivity contribution in [2.24, 2.45) is 5.92 Å². The number of ketones is 1. The third kappa shape index (κ3) is 8.15. The summed E-state index contributed by atoms with van der Waals surface area (Å²) in [5.41, 5.74) is 0.836. The van der Waals surface area contributed by atoms with Crippen molar-refractivity contribution in [2.45, 2.75) is 45.4 Å². The summed E-state index contributed by atoms with van der Waals surface area (Å²) in [5.74, 6) is -0.714. The Morgan fingerprint density at radius 2 is 2.04 bits per heavy atom. The quantitative estimate of drug-likeness (QED) is 0.358. The fraction of sp³-hybridized carbons (Fsp3) is 0.400. The molecule has 3 heteroatoms. The molecule has 1 aliphatic rings. The summed E-state index contributed by atoms with van der Waals surface area (Å²) in [6.45, 7) is 2.18. The third-order valence-corrected chi connectivity index (χ3v) is 3.64.